The van der Waals surface area contributed by atoms with Gasteiger partial charge in [-0.15, -0.1) is 0 Å². The van der Waals surface area contributed by atoms with Crippen molar-refractivity contribution in [2.24, 2.45) is 11.8 Å². The van der Waals surface area contributed by atoms with Gasteiger partial charge in [0.1, 0.15) is 0 Å². The monoisotopic (exact) mass is 230 g/mol. The lowest BCUT2D eigenvalue weighted by atomic mass is 9.87. The number of carboxylic acids is 2. The van der Waals surface area contributed by atoms with Crippen molar-refractivity contribution in [1.29, 1.82) is 0 Å². The van der Waals surface area contributed by atoms with Crippen LogP contribution in [-0.2, 0) is 9.59 Å². The molecule has 0 radical (unpaired) electrons. The van der Waals surface area contributed by atoms with E-state index in [4.69, 9.17) is 10.2 Å². The number of unbranched alkanes of at least 4 members (excludes halogenated alkanes) is 1. The van der Waals surface area contributed by atoms with Crippen molar-refractivity contribution >= 4 is 11.9 Å². The first kappa shape index (κ1) is 14.9. The number of hydrogen-bond acceptors (Lipinski definition) is 2. The fourth-order valence-electron chi connectivity index (χ4n) is 1.89. The van der Waals surface area contributed by atoms with Crippen LogP contribution < -0.4 is 0 Å². The summed E-state index contributed by atoms with van der Waals surface area (Å²) in [6, 6.07) is 0. The molecule has 0 aromatic rings. The van der Waals surface area contributed by atoms with Gasteiger partial charge in [-0.1, -0.05) is 26.7 Å². The molecule has 4 heteroatoms. The molecule has 0 aromatic heterocycles. The maximum Gasteiger partial charge on any atom is 0.306 e. The van der Waals surface area contributed by atoms with Crippen molar-refractivity contribution in [1.82, 2.24) is 0 Å². The lowest BCUT2D eigenvalue weighted by Crippen LogP contribution is -2.19. The van der Waals surface area contributed by atoms with Gasteiger partial charge in [0.15, 0.2) is 0 Å². The van der Waals surface area contributed by atoms with Gasteiger partial charge in [0, 0.05) is 6.42 Å². The molecule has 2 atom stereocenters. The minimum Gasteiger partial charge on any atom is -0.481 e. The standard InChI is InChI=1S/C12H22O4/c1-3-5-6-9(8-11(13)14)7-10(4-2)12(15)16/h9-10H,3-8H2,1-2H3,(H,13,14)(H,15,16). The van der Waals surface area contributed by atoms with Crippen LogP contribution >= 0.6 is 0 Å². The van der Waals surface area contributed by atoms with Crippen LogP contribution in [0.5, 0.6) is 0 Å². The number of carboxylic acid groups (broad SMARTS) is 2. The molecule has 0 aliphatic rings. The Bertz CT molecular complexity index is 225. The van der Waals surface area contributed by atoms with Gasteiger partial charge >= 0.3 is 11.9 Å². The third-order valence-electron chi connectivity index (χ3n) is 2.89. The van der Waals surface area contributed by atoms with E-state index >= 15 is 0 Å². The molecule has 0 aliphatic heterocycles. The number of hydrogen-bond donors (Lipinski definition) is 2. The van der Waals surface area contributed by atoms with Crippen LogP contribution in [0.4, 0.5) is 0 Å². The van der Waals surface area contributed by atoms with E-state index in [9.17, 15) is 9.59 Å². The lowest BCUT2D eigenvalue weighted by molar-refractivity contribution is -0.144. The highest BCUT2D eigenvalue weighted by Gasteiger charge is 2.22. The summed E-state index contributed by atoms with van der Waals surface area (Å²) < 4.78 is 0. The molecule has 2 unspecified atom stereocenters. The van der Waals surface area contributed by atoms with Crippen molar-refractivity contribution in [3.05, 3.63) is 0 Å². The third-order valence-corrected chi connectivity index (χ3v) is 2.89. The molecule has 4 nitrogen and oxygen atoms in total. The molecule has 2 N–H and O–H groups in total. The first-order valence-corrected chi connectivity index (χ1v) is 5.95. The maximum atomic E-state index is 10.9. The van der Waals surface area contributed by atoms with Crippen LogP contribution in [0.25, 0.3) is 0 Å². The molecule has 0 aliphatic carbocycles. The average molecular weight is 230 g/mol. The summed E-state index contributed by atoms with van der Waals surface area (Å²) >= 11 is 0. The highest BCUT2D eigenvalue weighted by atomic mass is 16.4. The topological polar surface area (TPSA) is 74.6 Å². The lowest BCUT2D eigenvalue weighted by Gasteiger charge is -2.18. The van der Waals surface area contributed by atoms with Gasteiger partial charge in [-0.3, -0.25) is 9.59 Å². The summed E-state index contributed by atoms with van der Waals surface area (Å²) in [5.41, 5.74) is 0. The van der Waals surface area contributed by atoms with Gasteiger partial charge in [0.05, 0.1) is 5.92 Å². The summed E-state index contributed by atoms with van der Waals surface area (Å²) in [7, 11) is 0. The van der Waals surface area contributed by atoms with Crippen LogP contribution in [0, 0.1) is 11.8 Å². The largest absolute Gasteiger partial charge is 0.481 e. The SMILES string of the molecule is CCCCC(CC(=O)O)CC(CC)C(=O)O. The van der Waals surface area contributed by atoms with Gasteiger partial charge in [0.2, 0.25) is 0 Å². The maximum absolute atomic E-state index is 10.9. The summed E-state index contributed by atoms with van der Waals surface area (Å²) in [6.45, 7) is 3.88. The summed E-state index contributed by atoms with van der Waals surface area (Å²) in [5.74, 6) is -2.05. The third kappa shape index (κ3) is 6.43. The van der Waals surface area contributed by atoms with Crippen LogP contribution in [0.2, 0.25) is 0 Å². The van der Waals surface area contributed by atoms with E-state index < -0.39 is 17.9 Å². The zero-order valence-electron chi connectivity index (χ0n) is 10.1. The second kappa shape index (κ2) is 8.13. The Kier molecular flexibility index (Phi) is 7.60. The second-order valence-corrected chi connectivity index (χ2v) is 4.29. The van der Waals surface area contributed by atoms with E-state index in [-0.39, 0.29) is 12.3 Å². The van der Waals surface area contributed by atoms with Crippen LogP contribution in [0.3, 0.4) is 0 Å². The minimum atomic E-state index is -0.832. The van der Waals surface area contributed by atoms with Gasteiger partial charge < -0.3 is 10.2 Å². The van der Waals surface area contributed by atoms with Gasteiger partial charge in [0.25, 0.3) is 0 Å². The molecule has 0 amide bonds. The Balaban J connectivity index is 4.26. The Labute approximate surface area is 96.7 Å². The van der Waals surface area contributed by atoms with E-state index in [1.807, 2.05) is 13.8 Å². The fourth-order valence-corrected chi connectivity index (χ4v) is 1.89. The van der Waals surface area contributed by atoms with Crippen molar-refractivity contribution in [2.45, 2.75) is 52.4 Å². The molecule has 0 spiro atoms. The van der Waals surface area contributed by atoms with Gasteiger partial charge in [-0.2, -0.15) is 0 Å². The van der Waals surface area contributed by atoms with E-state index in [1.165, 1.54) is 0 Å². The van der Waals surface area contributed by atoms with Crippen molar-refractivity contribution < 1.29 is 19.8 Å². The van der Waals surface area contributed by atoms with E-state index in [2.05, 4.69) is 0 Å². The molecule has 0 saturated carbocycles. The molecule has 0 fully saturated rings. The Morgan fingerprint density at radius 3 is 2.19 bits per heavy atom. The van der Waals surface area contributed by atoms with Crippen LogP contribution in [-0.4, -0.2) is 22.2 Å². The number of aliphatic carboxylic acids is 2. The van der Waals surface area contributed by atoms with Crippen molar-refractivity contribution in [3.8, 4) is 0 Å². The Morgan fingerprint density at radius 1 is 1.19 bits per heavy atom. The second-order valence-electron chi connectivity index (χ2n) is 4.29. The molecule has 0 heterocycles. The van der Waals surface area contributed by atoms with E-state index in [0.29, 0.717) is 12.8 Å². The Morgan fingerprint density at radius 2 is 1.81 bits per heavy atom. The molecule has 0 bridgehead atoms. The predicted octanol–water partition coefficient (Wildman–Crippen LogP) is 2.77. The first-order chi connectivity index (χ1) is 7.51. The van der Waals surface area contributed by atoms with E-state index in [0.717, 1.165) is 19.3 Å². The first-order valence-electron chi connectivity index (χ1n) is 5.95. The highest BCUT2D eigenvalue weighted by Crippen LogP contribution is 2.23. The predicted molar refractivity (Wildman–Crippen MR) is 61.3 cm³/mol. The number of rotatable bonds is 9. The quantitative estimate of drug-likeness (QED) is 0.638. The average Bonchev–Trinajstić information content (AvgIpc) is 2.20. The van der Waals surface area contributed by atoms with Gasteiger partial charge in [-0.05, 0) is 25.2 Å². The summed E-state index contributed by atoms with van der Waals surface area (Å²) in [4.78, 5) is 21.5. The molecule has 0 rings (SSSR count). The smallest absolute Gasteiger partial charge is 0.306 e. The minimum absolute atomic E-state index is 0.00139. The zero-order chi connectivity index (χ0) is 12.6. The summed E-state index contributed by atoms with van der Waals surface area (Å²) in [5, 5.41) is 17.7. The Hall–Kier alpha value is -1.06. The van der Waals surface area contributed by atoms with Gasteiger partial charge in [-0.25, -0.2) is 0 Å². The number of carbonyl (C=O) groups is 2. The highest BCUT2D eigenvalue weighted by molar-refractivity contribution is 5.70. The van der Waals surface area contributed by atoms with Crippen LogP contribution in [0.15, 0.2) is 0 Å². The molecular formula is C12H22O4. The van der Waals surface area contributed by atoms with E-state index in [1.54, 1.807) is 0 Å². The molecule has 16 heavy (non-hydrogen) atoms. The zero-order valence-corrected chi connectivity index (χ0v) is 10.1. The molecular weight excluding hydrogens is 208 g/mol. The normalized spacial score (nSPS) is 14.4. The molecule has 0 aromatic carbocycles. The van der Waals surface area contributed by atoms with Crippen molar-refractivity contribution in [2.75, 3.05) is 0 Å². The summed E-state index contributed by atoms with van der Waals surface area (Å²) in [6.07, 6.45) is 3.93. The molecule has 0 saturated heterocycles. The van der Waals surface area contributed by atoms with Crippen molar-refractivity contribution in [3.63, 3.8) is 0 Å². The molecule has 94 valence electrons. The fraction of sp³-hybridized carbons (Fsp3) is 0.833. The van der Waals surface area contributed by atoms with Crippen LogP contribution in [0.1, 0.15) is 52.4 Å².